The Balaban J connectivity index is 1.94. The molecule has 0 saturated carbocycles. The molecule has 0 N–H and O–H groups in total. The number of aromatic nitrogens is 2. The summed E-state index contributed by atoms with van der Waals surface area (Å²) in [4.78, 5) is 20.5. The largest absolute Gasteiger partial charge is 0.444 e. The normalized spacial score (nSPS) is 20.2. The molecule has 26 heavy (non-hydrogen) atoms. The van der Waals surface area contributed by atoms with Crippen molar-refractivity contribution in [3.63, 3.8) is 0 Å². The van der Waals surface area contributed by atoms with Gasteiger partial charge in [-0.3, -0.25) is 4.90 Å². The van der Waals surface area contributed by atoms with E-state index in [1.807, 2.05) is 27.7 Å². The molecule has 0 spiro atoms. The van der Waals surface area contributed by atoms with Crippen molar-refractivity contribution in [1.82, 2.24) is 19.9 Å². The molecular weight excluding hydrogens is 336 g/mol. The molecule has 0 radical (unpaired) electrons. The van der Waals surface area contributed by atoms with Crippen LogP contribution >= 0.6 is 0 Å². The van der Waals surface area contributed by atoms with Gasteiger partial charge in [0.2, 0.25) is 0 Å². The summed E-state index contributed by atoms with van der Waals surface area (Å²) < 4.78 is 16.6. The standard InChI is InChI=1S/C18H32N4O4/c1-12(2)22-8-9-24-14(11-22)16-19-15(20-26-16)10-13(3)21(7)17(23)25-18(4,5)6/h12-14H,8-11H2,1-7H3/t13-,14+/m1/s1. The smallest absolute Gasteiger partial charge is 0.410 e. The second-order valence-electron chi connectivity index (χ2n) is 8.14. The molecule has 2 atom stereocenters. The molecule has 1 fully saturated rings. The van der Waals surface area contributed by atoms with Crippen molar-refractivity contribution in [2.24, 2.45) is 0 Å². The minimum absolute atomic E-state index is 0.116. The molecular formula is C18H32N4O4. The summed E-state index contributed by atoms with van der Waals surface area (Å²) in [6.45, 7) is 14.1. The first-order chi connectivity index (χ1) is 12.1. The Morgan fingerprint density at radius 2 is 2.08 bits per heavy atom. The number of carbonyl (C=O) groups is 1. The lowest BCUT2D eigenvalue weighted by molar-refractivity contribution is -0.0539. The second kappa shape index (κ2) is 8.35. The van der Waals surface area contributed by atoms with Gasteiger partial charge in [-0.1, -0.05) is 5.16 Å². The van der Waals surface area contributed by atoms with E-state index >= 15 is 0 Å². The summed E-state index contributed by atoms with van der Waals surface area (Å²) in [5, 5.41) is 4.05. The maximum absolute atomic E-state index is 12.2. The predicted octanol–water partition coefficient (Wildman–Crippen LogP) is 2.65. The number of hydrogen-bond donors (Lipinski definition) is 0. The average molecular weight is 368 g/mol. The molecule has 0 aliphatic carbocycles. The van der Waals surface area contributed by atoms with Crippen molar-refractivity contribution in [2.75, 3.05) is 26.7 Å². The van der Waals surface area contributed by atoms with Crippen molar-refractivity contribution < 1.29 is 18.8 Å². The molecule has 0 unspecified atom stereocenters. The van der Waals surface area contributed by atoms with Crippen LogP contribution in [0.4, 0.5) is 4.79 Å². The fraction of sp³-hybridized carbons (Fsp3) is 0.833. The van der Waals surface area contributed by atoms with Gasteiger partial charge in [0, 0.05) is 38.6 Å². The summed E-state index contributed by atoms with van der Waals surface area (Å²) in [6, 6.07) is 0.334. The molecule has 8 nitrogen and oxygen atoms in total. The van der Waals surface area contributed by atoms with E-state index in [1.165, 1.54) is 0 Å². The van der Waals surface area contributed by atoms with Crippen molar-refractivity contribution in [1.29, 1.82) is 0 Å². The van der Waals surface area contributed by atoms with Gasteiger partial charge in [0.05, 0.1) is 6.61 Å². The van der Waals surface area contributed by atoms with Crippen LogP contribution in [0.3, 0.4) is 0 Å². The topological polar surface area (TPSA) is 80.9 Å². The van der Waals surface area contributed by atoms with Gasteiger partial charge in [-0.05, 0) is 41.5 Å². The zero-order valence-electron chi connectivity index (χ0n) is 17.0. The highest BCUT2D eigenvalue weighted by Crippen LogP contribution is 2.22. The molecule has 1 aliphatic heterocycles. The zero-order chi connectivity index (χ0) is 19.5. The van der Waals surface area contributed by atoms with E-state index in [0.29, 0.717) is 30.8 Å². The minimum Gasteiger partial charge on any atom is -0.444 e. The third-order valence-electron chi connectivity index (χ3n) is 4.41. The van der Waals surface area contributed by atoms with Crippen molar-refractivity contribution >= 4 is 6.09 Å². The maximum Gasteiger partial charge on any atom is 0.410 e. The summed E-state index contributed by atoms with van der Waals surface area (Å²) in [6.07, 6.45) is -0.0805. The van der Waals surface area contributed by atoms with Crippen LogP contribution < -0.4 is 0 Å². The fourth-order valence-corrected chi connectivity index (χ4v) is 2.68. The number of nitrogens with zero attached hydrogens (tertiary/aromatic N) is 4. The van der Waals surface area contributed by atoms with Gasteiger partial charge < -0.3 is 18.9 Å². The molecule has 0 aromatic carbocycles. The molecule has 1 aromatic heterocycles. The van der Waals surface area contributed by atoms with Crippen molar-refractivity contribution in [3.8, 4) is 0 Å². The molecule has 8 heteroatoms. The second-order valence-corrected chi connectivity index (χ2v) is 8.14. The first-order valence-electron chi connectivity index (χ1n) is 9.20. The van der Waals surface area contributed by atoms with E-state index in [9.17, 15) is 4.79 Å². The third-order valence-corrected chi connectivity index (χ3v) is 4.41. The van der Waals surface area contributed by atoms with E-state index < -0.39 is 5.60 Å². The van der Waals surface area contributed by atoms with Gasteiger partial charge in [-0.15, -0.1) is 0 Å². The predicted molar refractivity (Wildman–Crippen MR) is 96.9 cm³/mol. The molecule has 1 aromatic rings. The van der Waals surface area contributed by atoms with E-state index in [-0.39, 0.29) is 18.2 Å². The number of ether oxygens (including phenoxy) is 2. The van der Waals surface area contributed by atoms with Crippen molar-refractivity contribution in [2.45, 2.75) is 71.8 Å². The number of morpholine rings is 1. The van der Waals surface area contributed by atoms with Gasteiger partial charge >= 0.3 is 6.09 Å². The Kier molecular flexibility index (Phi) is 6.63. The molecule has 148 valence electrons. The quantitative estimate of drug-likeness (QED) is 0.790. The molecule has 1 saturated heterocycles. The Labute approximate surface area is 155 Å². The van der Waals surface area contributed by atoms with Crippen LogP contribution in [-0.4, -0.2) is 70.5 Å². The van der Waals surface area contributed by atoms with Gasteiger partial charge in [0.15, 0.2) is 5.82 Å². The first kappa shape index (κ1) is 20.6. The number of rotatable bonds is 5. The SMILES string of the molecule is CC(C)N1CCO[C@H](c2nc(C[C@@H](C)N(C)C(=O)OC(C)(C)C)no2)C1. The van der Waals surface area contributed by atoms with Crippen LogP contribution in [0, 0.1) is 0 Å². The van der Waals surface area contributed by atoms with E-state index in [2.05, 4.69) is 28.9 Å². The van der Waals surface area contributed by atoms with Gasteiger partial charge in [-0.2, -0.15) is 4.98 Å². The maximum atomic E-state index is 12.2. The number of hydrogen-bond acceptors (Lipinski definition) is 7. The van der Waals surface area contributed by atoms with E-state index in [0.717, 1.165) is 13.1 Å². The molecule has 1 aliphatic rings. The van der Waals surface area contributed by atoms with Gasteiger partial charge in [-0.25, -0.2) is 4.79 Å². The van der Waals surface area contributed by atoms with E-state index in [4.69, 9.17) is 14.0 Å². The Morgan fingerprint density at radius 1 is 1.38 bits per heavy atom. The lowest BCUT2D eigenvalue weighted by Crippen LogP contribution is -2.42. The third kappa shape index (κ3) is 5.67. The monoisotopic (exact) mass is 368 g/mol. The Morgan fingerprint density at radius 3 is 2.69 bits per heavy atom. The highest BCUT2D eigenvalue weighted by Gasteiger charge is 2.29. The zero-order valence-corrected chi connectivity index (χ0v) is 17.0. The molecule has 0 bridgehead atoms. The van der Waals surface area contributed by atoms with E-state index in [1.54, 1.807) is 11.9 Å². The number of amides is 1. The number of likely N-dealkylation sites (N-methyl/N-ethyl adjacent to an activating group) is 1. The van der Waals surface area contributed by atoms with Gasteiger partial charge in [0.25, 0.3) is 5.89 Å². The van der Waals surface area contributed by atoms with Gasteiger partial charge in [0.1, 0.15) is 11.7 Å². The van der Waals surface area contributed by atoms with Crippen LogP contribution in [0.25, 0.3) is 0 Å². The minimum atomic E-state index is -0.523. The summed E-state index contributed by atoms with van der Waals surface area (Å²) in [5.74, 6) is 1.06. The van der Waals surface area contributed by atoms with Crippen LogP contribution in [0.5, 0.6) is 0 Å². The van der Waals surface area contributed by atoms with Crippen LogP contribution in [0.2, 0.25) is 0 Å². The molecule has 2 heterocycles. The fourth-order valence-electron chi connectivity index (χ4n) is 2.68. The number of carbonyl (C=O) groups excluding carboxylic acids is 1. The molecule has 2 rings (SSSR count). The van der Waals surface area contributed by atoms with Crippen LogP contribution in [-0.2, 0) is 15.9 Å². The summed E-state index contributed by atoms with van der Waals surface area (Å²) in [7, 11) is 1.71. The lowest BCUT2D eigenvalue weighted by Gasteiger charge is -2.33. The van der Waals surface area contributed by atoms with Crippen molar-refractivity contribution in [3.05, 3.63) is 11.7 Å². The Bertz CT molecular complexity index is 596. The summed E-state index contributed by atoms with van der Waals surface area (Å²) >= 11 is 0. The molecule has 1 amide bonds. The highest BCUT2D eigenvalue weighted by atomic mass is 16.6. The summed E-state index contributed by atoms with van der Waals surface area (Å²) in [5.41, 5.74) is -0.523. The lowest BCUT2D eigenvalue weighted by atomic mass is 10.2. The first-order valence-corrected chi connectivity index (χ1v) is 9.20. The van der Waals surface area contributed by atoms with Crippen LogP contribution in [0.15, 0.2) is 4.52 Å². The Hall–Kier alpha value is -1.67. The highest BCUT2D eigenvalue weighted by molar-refractivity contribution is 5.68. The average Bonchev–Trinajstić information content (AvgIpc) is 3.01. The van der Waals surface area contributed by atoms with Crippen LogP contribution in [0.1, 0.15) is 59.4 Å².